The molecular weight excluding hydrogens is 273 g/mol. The van der Waals surface area contributed by atoms with Crippen molar-refractivity contribution in [1.29, 1.82) is 5.26 Å². The van der Waals surface area contributed by atoms with Gasteiger partial charge in [0.05, 0.1) is 23.4 Å². The van der Waals surface area contributed by atoms with Crippen LogP contribution in [0.5, 0.6) is 5.75 Å². The van der Waals surface area contributed by atoms with Gasteiger partial charge in [-0.2, -0.15) is 5.26 Å². The van der Waals surface area contributed by atoms with Crippen LogP contribution in [0.3, 0.4) is 0 Å². The lowest BCUT2D eigenvalue weighted by Gasteiger charge is -2.17. The van der Waals surface area contributed by atoms with Crippen LogP contribution in [-0.4, -0.2) is 27.9 Å². The van der Waals surface area contributed by atoms with E-state index in [2.05, 4.69) is 4.98 Å². The van der Waals surface area contributed by atoms with Crippen molar-refractivity contribution in [1.82, 2.24) is 9.88 Å². The van der Waals surface area contributed by atoms with E-state index in [4.69, 9.17) is 5.26 Å². The van der Waals surface area contributed by atoms with Gasteiger partial charge in [0.2, 0.25) is 0 Å². The molecule has 5 nitrogen and oxygen atoms in total. The molecule has 1 heterocycles. The van der Waals surface area contributed by atoms with Crippen LogP contribution < -0.4 is 0 Å². The molecule has 0 aliphatic rings. The zero-order valence-corrected chi connectivity index (χ0v) is 11.2. The Morgan fingerprint density at radius 1 is 1.43 bits per heavy atom. The molecule has 0 bridgehead atoms. The molecule has 0 fully saturated rings. The highest BCUT2D eigenvalue weighted by Gasteiger charge is 2.15. The van der Waals surface area contributed by atoms with E-state index >= 15 is 0 Å². The third-order valence-corrected chi connectivity index (χ3v) is 2.90. The number of benzene rings is 1. The van der Waals surface area contributed by atoms with E-state index in [-0.39, 0.29) is 23.4 Å². The molecule has 0 aliphatic heterocycles. The van der Waals surface area contributed by atoms with Gasteiger partial charge < -0.3 is 10.0 Å². The Bertz CT molecular complexity index is 725. The molecule has 0 saturated carbocycles. The van der Waals surface area contributed by atoms with Crippen LogP contribution in [-0.2, 0) is 6.54 Å². The number of pyridine rings is 1. The number of hydrogen-bond acceptors (Lipinski definition) is 4. The van der Waals surface area contributed by atoms with E-state index in [1.165, 1.54) is 48.6 Å². The summed E-state index contributed by atoms with van der Waals surface area (Å²) in [6.07, 6.45) is 2.54. The van der Waals surface area contributed by atoms with Crippen molar-refractivity contribution >= 4 is 5.91 Å². The molecule has 106 valence electrons. The zero-order chi connectivity index (χ0) is 15.4. The average Bonchev–Trinajstić information content (AvgIpc) is 2.48. The van der Waals surface area contributed by atoms with Gasteiger partial charge in [-0.15, -0.1) is 0 Å². The summed E-state index contributed by atoms with van der Waals surface area (Å²) in [6.45, 7) is 0.00976. The van der Waals surface area contributed by atoms with Gasteiger partial charge in [0, 0.05) is 25.4 Å². The molecule has 0 spiro atoms. The van der Waals surface area contributed by atoms with Crippen LogP contribution in [0.25, 0.3) is 0 Å². The second kappa shape index (κ2) is 6.01. The summed E-state index contributed by atoms with van der Waals surface area (Å²) < 4.78 is 13.7. The molecule has 1 N–H and O–H groups in total. The molecule has 2 rings (SSSR count). The SMILES string of the molecule is CN(Cc1cc(C#N)ccc1F)C(=O)c1cncc(O)c1. The van der Waals surface area contributed by atoms with Crippen LogP contribution in [0, 0.1) is 17.1 Å². The van der Waals surface area contributed by atoms with E-state index in [9.17, 15) is 14.3 Å². The normalized spacial score (nSPS) is 9.95. The maximum Gasteiger partial charge on any atom is 0.255 e. The Balaban J connectivity index is 2.20. The first-order valence-electron chi connectivity index (χ1n) is 6.09. The van der Waals surface area contributed by atoms with E-state index in [1.54, 1.807) is 0 Å². The first-order valence-corrected chi connectivity index (χ1v) is 6.09. The Morgan fingerprint density at radius 2 is 2.19 bits per heavy atom. The van der Waals surface area contributed by atoms with Crippen LogP contribution in [0.1, 0.15) is 21.5 Å². The van der Waals surface area contributed by atoms with Crippen LogP contribution in [0.15, 0.2) is 36.7 Å². The second-order valence-corrected chi connectivity index (χ2v) is 4.51. The smallest absolute Gasteiger partial charge is 0.255 e. The molecule has 1 aromatic carbocycles. The van der Waals surface area contributed by atoms with Gasteiger partial charge >= 0.3 is 0 Å². The summed E-state index contributed by atoms with van der Waals surface area (Å²) in [5.74, 6) is -1.00. The largest absolute Gasteiger partial charge is 0.506 e. The quantitative estimate of drug-likeness (QED) is 0.936. The fourth-order valence-corrected chi connectivity index (χ4v) is 1.86. The van der Waals surface area contributed by atoms with Crippen LogP contribution in [0.4, 0.5) is 4.39 Å². The van der Waals surface area contributed by atoms with Crippen molar-refractivity contribution in [2.24, 2.45) is 0 Å². The molecule has 21 heavy (non-hydrogen) atoms. The highest BCUT2D eigenvalue weighted by Crippen LogP contribution is 2.15. The number of carbonyl (C=O) groups excluding carboxylic acids is 1. The van der Waals surface area contributed by atoms with Crippen molar-refractivity contribution in [3.63, 3.8) is 0 Å². The van der Waals surface area contributed by atoms with E-state index in [0.717, 1.165) is 0 Å². The number of nitriles is 1. The third-order valence-electron chi connectivity index (χ3n) is 2.90. The lowest BCUT2D eigenvalue weighted by Crippen LogP contribution is -2.26. The fraction of sp³-hybridized carbons (Fsp3) is 0.133. The number of aromatic hydroxyl groups is 1. The summed E-state index contributed by atoms with van der Waals surface area (Å²) in [7, 11) is 1.50. The lowest BCUT2D eigenvalue weighted by atomic mass is 10.1. The van der Waals surface area contributed by atoms with Crippen LogP contribution in [0.2, 0.25) is 0 Å². The van der Waals surface area contributed by atoms with Crippen molar-refractivity contribution in [3.8, 4) is 11.8 Å². The number of hydrogen-bond donors (Lipinski definition) is 1. The minimum absolute atomic E-state index is 0.00976. The van der Waals surface area contributed by atoms with E-state index < -0.39 is 11.7 Å². The maximum atomic E-state index is 13.7. The summed E-state index contributed by atoms with van der Waals surface area (Å²) in [4.78, 5) is 17.2. The Labute approximate surface area is 120 Å². The van der Waals surface area contributed by atoms with E-state index in [0.29, 0.717) is 5.56 Å². The number of nitrogens with zero attached hydrogens (tertiary/aromatic N) is 3. The highest BCUT2D eigenvalue weighted by molar-refractivity contribution is 5.94. The molecule has 2 aromatic rings. The molecule has 1 amide bonds. The number of halogens is 1. The fourth-order valence-electron chi connectivity index (χ4n) is 1.86. The Hall–Kier alpha value is -2.94. The number of amides is 1. The van der Waals surface area contributed by atoms with Crippen LogP contribution >= 0.6 is 0 Å². The van der Waals surface area contributed by atoms with Gasteiger partial charge in [-0.3, -0.25) is 9.78 Å². The molecule has 0 unspecified atom stereocenters. The van der Waals surface area contributed by atoms with Gasteiger partial charge in [-0.25, -0.2) is 4.39 Å². The topological polar surface area (TPSA) is 77.2 Å². The number of carbonyl (C=O) groups is 1. The van der Waals surface area contributed by atoms with Gasteiger partial charge in [0.25, 0.3) is 5.91 Å². The highest BCUT2D eigenvalue weighted by atomic mass is 19.1. The van der Waals surface area contributed by atoms with Crippen molar-refractivity contribution in [3.05, 3.63) is 59.2 Å². The predicted octanol–water partition coefficient (Wildman–Crippen LogP) is 2.07. The number of rotatable bonds is 3. The van der Waals surface area contributed by atoms with Gasteiger partial charge in [-0.05, 0) is 24.3 Å². The van der Waals surface area contributed by atoms with E-state index in [1.807, 2.05) is 6.07 Å². The molecule has 6 heteroatoms. The van der Waals surface area contributed by atoms with Crippen molar-refractivity contribution in [2.45, 2.75) is 6.54 Å². The summed E-state index contributed by atoms with van der Waals surface area (Å²) >= 11 is 0. The molecule has 0 atom stereocenters. The van der Waals surface area contributed by atoms with Gasteiger partial charge in [-0.1, -0.05) is 0 Å². The second-order valence-electron chi connectivity index (χ2n) is 4.51. The van der Waals surface area contributed by atoms with Crippen molar-refractivity contribution in [2.75, 3.05) is 7.05 Å². The Kier molecular flexibility index (Phi) is 4.14. The summed E-state index contributed by atoms with van der Waals surface area (Å²) in [6, 6.07) is 7.18. The lowest BCUT2D eigenvalue weighted by molar-refractivity contribution is 0.0783. The minimum atomic E-state index is -0.484. The van der Waals surface area contributed by atoms with Gasteiger partial charge in [0.1, 0.15) is 11.6 Å². The Morgan fingerprint density at radius 3 is 2.86 bits per heavy atom. The summed E-state index contributed by atoms with van der Waals surface area (Å²) in [5.41, 5.74) is 0.777. The monoisotopic (exact) mass is 285 g/mol. The maximum absolute atomic E-state index is 13.7. The summed E-state index contributed by atoms with van der Waals surface area (Å²) in [5, 5.41) is 18.1. The van der Waals surface area contributed by atoms with Crippen molar-refractivity contribution < 1.29 is 14.3 Å². The average molecular weight is 285 g/mol. The number of aromatic nitrogens is 1. The first-order chi connectivity index (χ1) is 10.0. The first kappa shape index (κ1) is 14.5. The zero-order valence-electron chi connectivity index (χ0n) is 11.2. The molecule has 1 aromatic heterocycles. The standard InChI is InChI=1S/C15H12FN3O2/c1-19(15(21)11-5-13(20)8-18-7-11)9-12-4-10(6-17)2-3-14(12)16/h2-5,7-8,20H,9H2,1H3. The minimum Gasteiger partial charge on any atom is -0.506 e. The van der Waals surface area contributed by atoms with Gasteiger partial charge in [0.15, 0.2) is 0 Å². The molecule has 0 saturated heterocycles. The molecular formula is C15H12FN3O2. The molecule has 0 radical (unpaired) electrons. The predicted molar refractivity (Wildman–Crippen MR) is 72.8 cm³/mol. The molecule has 0 aliphatic carbocycles. The third kappa shape index (κ3) is 3.34.